The number of sulfonamides is 1. The number of amides is 1. The summed E-state index contributed by atoms with van der Waals surface area (Å²) in [6.45, 7) is 0. The van der Waals surface area contributed by atoms with Crippen LogP contribution in [-0.2, 0) is 10.0 Å². The number of anilines is 1. The number of benzene rings is 2. The average Bonchev–Trinajstić information content (AvgIpc) is 2.37. The summed E-state index contributed by atoms with van der Waals surface area (Å²) in [5.74, 6) is -1.28. The van der Waals surface area contributed by atoms with Crippen molar-refractivity contribution in [3.05, 3.63) is 57.4 Å². The molecule has 0 saturated carbocycles. The van der Waals surface area contributed by atoms with Crippen LogP contribution in [0.1, 0.15) is 10.4 Å². The van der Waals surface area contributed by atoms with E-state index in [1.165, 1.54) is 0 Å². The second kappa shape index (κ2) is 6.08. The summed E-state index contributed by atoms with van der Waals surface area (Å²) in [7, 11) is -4.05. The summed E-state index contributed by atoms with van der Waals surface area (Å²) in [6, 6.07) is 9.67. The molecule has 0 atom stereocenters. The molecule has 8 heteroatoms. The highest BCUT2D eigenvalue weighted by Gasteiger charge is 2.13. The van der Waals surface area contributed by atoms with Crippen molar-refractivity contribution in [2.24, 2.45) is 5.14 Å². The Morgan fingerprint density at radius 2 is 1.90 bits per heavy atom. The summed E-state index contributed by atoms with van der Waals surface area (Å²) >= 11 is 2.06. The maximum atomic E-state index is 13.4. The number of primary sulfonamides is 1. The summed E-state index contributed by atoms with van der Waals surface area (Å²) in [6.07, 6.45) is 0. The first-order valence-corrected chi connectivity index (χ1v) is 8.28. The Morgan fingerprint density at radius 3 is 2.52 bits per heavy atom. The predicted molar refractivity (Wildman–Crippen MR) is 84.9 cm³/mol. The van der Waals surface area contributed by atoms with Gasteiger partial charge in [0, 0.05) is 14.8 Å². The quantitative estimate of drug-likeness (QED) is 0.748. The van der Waals surface area contributed by atoms with Crippen LogP contribution in [0.15, 0.2) is 47.4 Å². The summed E-state index contributed by atoms with van der Waals surface area (Å²) in [5.41, 5.74) is 0.395. The monoisotopic (exact) mass is 420 g/mol. The highest BCUT2D eigenvalue weighted by molar-refractivity contribution is 14.1. The molecular formula is C13H10FIN2O3S. The first-order valence-electron chi connectivity index (χ1n) is 5.66. The average molecular weight is 420 g/mol. The van der Waals surface area contributed by atoms with E-state index in [0.717, 1.165) is 21.8 Å². The number of nitrogens with two attached hydrogens (primary N) is 1. The van der Waals surface area contributed by atoms with E-state index in [1.54, 1.807) is 18.2 Å². The molecule has 0 aliphatic heterocycles. The number of carbonyl (C=O) groups excluding carboxylic acids is 1. The van der Waals surface area contributed by atoms with Crippen LogP contribution in [0.25, 0.3) is 0 Å². The van der Waals surface area contributed by atoms with Crippen LogP contribution in [-0.4, -0.2) is 14.3 Å². The van der Waals surface area contributed by atoms with E-state index in [9.17, 15) is 17.6 Å². The van der Waals surface area contributed by atoms with Crippen LogP contribution in [0.3, 0.4) is 0 Å². The van der Waals surface area contributed by atoms with Crippen LogP contribution in [0.2, 0.25) is 0 Å². The molecule has 0 aliphatic rings. The fourth-order valence-corrected chi connectivity index (χ4v) is 2.74. The highest BCUT2D eigenvalue weighted by atomic mass is 127. The van der Waals surface area contributed by atoms with E-state index in [2.05, 4.69) is 27.9 Å². The van der Waals surface area contributed by atoms with Crippen molar-refractivity contribution in [1.29, 1.82) is 0 Å². The molecule has 1 amide bonds. The van der Waals surface area contributed by atoms with Gasteiger partial charge < -0.3 is 5.32 Å². The highest BCUT2D eigenvalue weighted by Crippen LogP contribution is 2.18. The lowest BCUT2D eigenvalue weighted by Gasteiger charge is -2.07. The van der Waals surface area contributed by atoms with Gasteiger partial charge in [-0.25, -0.2) is 17.9 Å². The summed E-state index contributed by atoms with van der Waals surface area (Å²) < 4.78 is 36.7. The second-order valence-corrected chi connectivity index (χ2v) is 6.99. The molecule has 2 aromatic carbocycles. The molecule has 0 heterocycles. The first-order chi connectivity index (χ1) is 9.75. The van der Waals surface area contributed by atoms with Gasteiger partial charge in [-0.1, -0.05) is 6.07 Å². The molecule has 0 unspecified atom stereocenters. The fraction of sp³-hybridized carbons (Fsp3) is 0. The maximum absolute atomic E-state index is 13.4. The van der Waals surface area contributed by atoms with Crippen LogP contribution in [0.5, 0.6) is 0 Å². The minimum Gasteiger partial charge on any atom is -0.322 e. The van der Waals surface area contributed by atoms with Gasteiger partial charge in [0.05, 0.1) is 4.90 Å². The van der Waals surface area contributed by atoms with E-state index in [-0.39, 0.29) is 5.69 Å². The molecule has 2 rings (SSSR count). The lowest BCUT2D eigenvalue weighted by atomic mass is 10.2. The van der Waals surface area contributed by atoms with Gasteiger partial charge in [0.15, 0.2) is 0 Å². The predicted octanol–water partition coefficient (Wildman–Crippen LogP) is 2.33. The molecule has 0 bridgehead atoms. The molecule has 0 aromatic heterocycles. The number of hydrogen-bond donors (Lipinski definition) is 2. The zero-order valence-corrected chi connectivity index (χ0v) is 13.5. The van der Waals surface area contributed by atoms with E-state index in [4.69, 9.17) is 5.14 Å². The molecule has 21 heavy (non-hydrogen) atoms. The third-order valence-electron chi connectivity index (χ3n) is 2.54. The summed E-state index contributed by atoms with van der Waals surface area (Å²) in [4.78, 5) is 11.6. The Hall–Kier alpha value is -1.52. The van der Waals surface area contributed by atoms with Gasteiger partial charge in [0.2, 0.25) is 10.0 Å². The van der Waals surface area contributed by atoms with Gasteiger partial charge in [-0.05, 0) is 59.0 Å². The normalized spacial score (nSPS) is 11.2. The topological polar surface area (TPSA) is 89.3 Å². The molecule has 0 radical (unpaired) electrons. The van der Waals surface area contributed by atoms with Crippen LogP contribution in [0.4, 0.5) is 10.1 Å². The van der Waals surface area contributed by atoms with Crippen molar-refractivity contribution in [3.8, 4) is 0 Å². The standard InChI is InChI=1S/C13H10FIN2O3S/c14-9-5-11(7-12(6-9)21(16,19)20)17-13(18)8-2-1-3-10(15)4-8/h1-7H,(H,17,18)(H2,16,19,20). The molecule has 3 N–H and O–H groups in total. The van der Waals surface area contributed by atoms with E-state index < -0.39 is 26.6 Å². The smallest absolute Gasteiger partial charge is 0.255 e. The zero-order valence-electron chi connectivity index (χ0n) is 10.5. The first kappa shape index (κ1) is 15.9. The second-order valence-electron chi connectivity index (χ2n) is 4.19. The fourth-order valence-electron chi connectivity index (χ4n) is 1.63. The Balaban J connectivity index is 2.32. The number of carbonyl (C=O) groups is 1. The molecule has 0 spiro atoms. The summed E-state index contributed by atoms with van der Waals surface area (Å²) in [5, 5.41) is 7.38. The molecule has 5 nitrogen and oxygen atoms in total. The zero-order chi connectivity index (χ0) is 15.6. The van der Waals surface area contributed by atoms with Gasteiger partial charge in [-0.2, -0.15) is 0 Å². The van der Waals surface area contributed by atoms with Crippen molar-refractivity contribution in [1.82, 2.24) is 0 Å². The number of halogens is 2. The molecule has 0 saturated heterocycles. The van der Waals surface area contributed by atoms with Crippen molar-refractivity contribution in [2.45, 2.75) is 4.90 Å². The van der Waals surface area contributed by atoms with Crippen LogP contribution in [0, 0.1) is 9.39 Å². The largest absolute Gasteiger partial charge is 0.322 e. The lowest BCUT2D eigenvalue weighted by Crippen LogP contribution is -2.15. The Bertz CT molecular complexity index is 809. The van der Waals surface area contributed by atoms with E-state index in [1.807, 2.05) is 6.07 Å². The van der Waals surface area contributed by atoms with Crippen LogP contribution < -0.4 is 10.5 Å². The third kappa shape index (κ3) is 4.22. The number of hydrogen-bond acceptors (Lipinski definition) is 3. The number of nitrogens with one attached hydrogen (secondary N) is 1. The lowest BCUT2D eigenvalue weighted by molar-refractivity contribution is 0.102. The van der Waals surface area contributed by atoms with Gasteiger partial charge in [0.1, 0.15) is 5.82 Å². The molecule has 0 fully saturated rings. The van der Waals surface area contributed by atoms with Gasteiger partial charge in [0.25, 0.3) is 5.91 Å². The minimum atomic E-state index is -4.05. The van der Waals surface area contributed by atoms with Crippen molar-refractivity contribution < 1.29 is 17.6 Å². The van der Waals surface area contributed by atoms with Gasteiger partial charge in [-0.3, -0.25) is 4.79 Å². The third-order valence-corrected chi connectivity index (χ3v) is 4.11. The molecule has 110 valence electrons. The van der Waals surface area contributed by atoms with Crippen molar-refractivity contribution in [3.63, 3.8) is 0 Å². The van der Waals surface area contributed by atoms with E-state index in [0.29, 0.717) is 5.56 Å². The number of rotatable bonds is 3. The SMILES string of the molecule is NS(=O)(=O)c1cc(F)cc(NC(=O)c2cccc(I)c2)c1. The Labute approximate surface area is 134 Å². The van der Waals surface area contributed by atoms with Crippen molar-refractivity contribution >= 4 is 44.2 Å². The molecule has 2 aromatic rings. The maximum Gasteiger partial charge on any atom is 0.255 e. The molecule has 0 aliphatic carbocycles. The van der Waals surface area contributed by atoms with Crippen molar-refractivity contribution in [2.75, 3.05) is 5.32 Å². The molecular weight excluding hydrogens is 410 g/mol. The van der Waals surface area contributed by atoms with Crippen LogP contribution >= 0.6 is 22.6 Å². The van der Waals surface area contributed by atoms with Gasteiger partial charge >= 0.3 is 0 Å². The van der Waals surface area contributed by atoms with E-state index >= 15 is 0 Å². The minimum absolute atomic E-state index is 0.0166. The Kier molecular flexibility index (Phi) is 4.59. The van der Waals surface area contributed by atoms with Gasteiger partial charge in [-0.15, -0.1) is 0 Å². The Morgan fingerprint density at radius 1 is 1.19 bits per heavy atom.